The number of ether oxygens (including phenoxy) is 1. The molecule has 0 saturated carbocycles. The molecule has 0 aliphatic rings. The summed E-state index contributed by atoms with van der Waals surface area (Å²) in [5.74, 6) is 1.76. The first-order valence-corrected chi connectivity index (χ1v) is 7.33. The van der Waals surface area contributed by atoms with Crippen LogP contribution in [-0.2, 0) is 0 Å². The Hall–Kier alpha value is -2.14. The lowest BCUT2D eigenvalue weighted by Gasteiger charge is -2.08. The van der Waals surface area contributed by atoms with Crippen molar-refractivity contribution >= 4 is 27.4 Å². The number of hydrogen-bond donors (Lipinski definition) is 1. The van der Waals surface area contributed by atoms with Crippen molar-refractivity contribution in [2.75, 3.05) is 18.5 Å². The predicted molar refractivity (Wildman–Crippen MR) is 82.6 cm³/mol. The normalized spacial score (nSPS) is 10.7. The second-order valence-electron chi connectivity index (χ2n) is 4.41. The Balaban J connectivity index is 1.61. The Labute approximate surface area is 121 Å². The van der Waals surface area contributed by atoms with E-state index in [0.717, 1.165) is 21.8 Å². The number of aryl methyl sites for hydroxylation is 1. The largest absolute Gasteiger partial charge is 0.492 e. The molecular weight excluding hydrogens is 270 g/mol. The smallest absolute Gasteiger partial charge is 0.138 e. The van der Waals surface area contributed by atoms with Crippen molar-refractivity contribution in [3.8, 4) is 5.75 Å². The van der Waals surface area contributed by atoms with Crippen LogP contribution in [0.4, 0.5) is 5.82 Å². The molecule has 0 saturated heterocycles. The molecule has 0 aliphatic carbocycles. The highest BCUT2D eigenvalue weighted by molar-refractivity contribution is 7.17. The molecule has 0 radical (unpaired) electrons. The number of nitrogens with zero attached hydrogens (tertiary/aromatic N) is 2. The van der Waals surface area contributed by atoms with Crippen LogP contribution in [-0.4, -0.2) is 23.1 Å². The number of nitrogens with one attached hydrogen (secondary N) is 1. The molecule has 2 heterocycles. The molecule has 3 aromatic rings. The van der Waals surface area contributed by atoms with Gasteiger partial charge in [-0.1, -0.05) is 18.2 Å². The third-order valence-electron chi connectivity index (χ3n) is 2.96. The number of hydrogen-bond acceptors (Lipinski definition) is 5. The zero-order valence-corrected chi connectivity index (χ0v) is 12.0. The molecule has 20 heavy (non-hydrogen) atoms. The first-order valence-electron chi connectivity index (χ1n) is 6.45. The van der Waals surface area contributed by atoms with Crippen molar-refractivity contribution in [3.05, 3.63) is 47.6 Å². The average Bonchev–Trinajstić information content (AvgIpc) is 2.87. The molecule has 0 amide bonds. The van der Waals surface area contributed by atoms with Gasteiger partial charge in [0.2, 0.25) is 0 Å². The van der Waals surface area contributed by atoms with Crippen molar-refractivity contribution in [2.45, 2.75) is 6.92 Å². The van der Waals surface area contributed by atoms with E-state index < -0.39 is 0 Å². The Morgan fingerprint density at radius 2 is 2.05 bits per heavy atom. The third kappa shape index (κ3) is 2.72. The highest BCUT2D eigenvalue weighted by Gasteiger charge is 2.07. The fourth-order valence-corrected chi connectivity index (χ4v) is 2.90. The van der Waals surface area contributed by atoms with Crippen LogP contribution in [0, 0.1) is 6.92 Å². The fourth-order valence-electron chi connectivity index (χ4n) is 2.01. The van der Waals surface area contributed by atoms with E-state index in [0.29, 0.717) is 13.2 Å². The van der Waals surface area contributed by atoms with Gasteiger partial charge in [0, 0.05) is 0 Å². The minimum atomic E-state index is 0.596. The number of aromatic nitrogens is 2. The van der Waals surface area contributed by atoms with Crippen molar-refractivity contribution < 1.29 is 4.74 Å². The molecule has 0 aliphatic heterocycles. The summed E-state index contributed by atoms with van der Waals surface area (Å²) in [5.41, 5.74) is 1.21. The molecule has 2 aromatic heterocycles. The molecule has 0 spiro atoms. The lowest BCUT2D eigenvalue weighted by atomic mass is 10.2. The van der Waals surface area contributed by atoms with E-state index in [-0.39, 0.29) is 0 Å². The van der Waals surface area contributed by atoms with Crippen LogP contribution in [0.1, 0.15) is 5.56 Å². The summed E-state index contributed by atoms with van der Waals surface area (Å²) in [5, 5.41) is 6.53. The summed E-state index contributed by atoms with van der Waals surface area (Å²) in [7, 11) is 0. The number of fused-ring (bicyclic) bond motifs is 1. The highest BCUT2D eigenvalue weighted by Crippen LogP contribution is 2.28. The number of anilines is 1. The van der Waals surface area contributed by atoms with Crippen LogP contribution in [0.5, 0.6) is 5.75 Å². The standard InChI is InChI=1S/C15H15N3OS/c1-11-9-20-15-13(11)14(17-10-18-15)16-7-8-19-12-5-3-2-4-6-12/h2-6,9-10H,7-8H2,1H3,(H,16,17,18). The van der Waals surface area contributed by atoms with Crippen LogP contribution < -0.4 is 10.1 Å². The van der Waals surface area contributed by atoms with Crippen LogP contribution in [0.25, 0.3) is 10.2 Å². The molecule has 102 valence electrons. The summed E-state index contributed by atoms with van der Waals surface area (Å²) in [6, 6.07) is 9.80. The molecule has 5 heteroatoms. The maximum atomic E-state index is 5.65. The molecule has 1 aromatic carbocycles. The quantitative estimate of drug-likeness (QED) is 0.729. The van der Waals surface area contributed by atoms with E-state index in [1.807, 2.05) is 30.3 Å². The van der Waals surface area contributed by atoms with Gasteiger partial charge in [-0.25, -0.2) is 9.97 Å². The van der Waals surface area contributed by atoms with Gasteiger partial charge in [-0.15, -0.1) is 11.3 Å². The van der Waals surface area contributed by atoms with Gasteiger partial charge in [0.1, 0.15) is 29.3 Å². The van der Waals surface area contributed by atoms with Gasteiger partial charge >= 0.3 is 0 Å². The summed E-state index contributed by atoms with van der Waals surface area (Å²) in [6.07, 6.45) is 1.60. The number of rotatable bonds is 5. The SMILES string of the molecule is Cc1csc2ncnc(NCCOc3ccccc3)c12. The van der Waals surface area contributed by atoms with Gasteiger partial charge in [0.05, 0.1) is 11.9 Å². The topological polar surface area (TPSA) is 47.0 Å². The first-order chi connectivity index (χ1) is 9.84. The zero-order chi connectivity index (χ0) is 13.8. The van der Waals surface area contributed by atoms with Crippen molar-refractivity contribution in [1.29, 1.82) is 0 Å². The summed E-state index contributed by atoms with van der Waals surface area (Å²) in [6.45, 7) is 3.38. The van der Waals surface area contributed by atoms with Crippen LogP contribution >= 0.6 is 11.3 Å². The average molecular weight is 285 g/mol. The molecule has 1 N–H and O–H groups in total. The Morgan fingerprint density at radius 1 is 1.20 bits per heavy atom. The molecule has 3 rings (SSSR count). The Kier molecular flexibility index (Phi) is 3.78. The second kappa shape index (κ2) is 5.88. The van der Waals surface area contributed by atoms with Crippen LogP contribution in [0.2, 0.25) is 0 Å². The molecular formula is C15H15N3OS. The highest BCUT2D eigenvalue weighted by atomic mass is 32.1. The van der Waals surface area contributed by atoms with E-state index in [1.54, 1.807) is 17.7 Å². The fraction of sp³-hybridized carbons (Fsp3) is 0.200. The van der Waals surface area contributed by atoms with Gasteiger partial charge in [-0.2, -0.15) is 0 Å². The van der Waals surface area contributed by atoms with Crippen molar-refractivity contribution in [1.82, 2.24) is 9.97 Å². The number of thiophene rings is 1. The zero-order valence-electron chi connectivity index (χ0n) is 11.2. The molecule has 0 unspecified atom stereocenters. The number of para-hydroxylation sites is 1. The van der Waals surface area contributed by atoms with Crippen molar-refractivity contribution in [2.24, 2.45) is 0 Å². The van der Waals surface area contributed by atoms with E-state index in [9.17, 15) is 0 Å². The second-order valence-corrected chi connectivity index (χ2v) is 5.27. The molecule has 0 fully saturated rings. The first kappa shape index (κ1) is 12.9. The Morgan fingerprint density at radius 3 is 2.90 bits per heavy atom. The Bertz CT molecular complexity index is 697. The lowest BCUT2D eigenvalue weighted by Crippen LogP contribution is -2.12. The maximum Gasteiger partial charge on any atom is 0.138 e. The number of benzene rings is 1. The van der Waals surface area contributed by atoms with Gasteiger partial charge in [0.25, 0.3) is 0 Å². The summed E-state index contributed by atoms with van der Waals surface area (Å²) < 4.78 is 5.65. The third-order valence-corrected chi connectivity index (χ3v) is 3.96. The molecule has 0 bridgehead atoms. The summed E-state index contributed by atoms with van der Waals surface area (Å²) >= 11 is 1.64. The van der Waals surface area contributed by atoms with E-state index in [4.69, 9.17) is 4.74 Å². The van der Waals surface area contributed by atoms with Gasteiger partial charge < -0.3 is 10.1 Å². The van der Waals surface area contributed by atoms with E-state index in [1.165, 1.54) is 5.56 Å². The minimum Gasteiger partial charge on any atom is -0.492 e. The van der Waals surface area contributed by atoms with Gasteiger partial charge in [-0.3, -0.25) is 0 Å². The monoisotopic (exact) mass is 285 g/mol. The van der Waals surface area contributed by atoms with Gasteiger partial charge in [0.15, 0.2) is 0 Å². The van der Waals surface area contributed by atoms with E-state index in [2.05, 4.69) is 27.6 Å². The van der Waals surface area contributed by atoms with Crippen molar-refractivity contribution in [3.63, 3.8) is 0 Å². The minimum absolute atomic E-state index is 0.596. The van der Waals surface area contributed by atoms with Crippen LogP contribution in [0.3, 0.4) is 0 Å². The molecule has 0 atom stereocenters. The molecule has 4 nitrogen and oxygen atoms in total. The van der Waals surface area contributed by atoms with Gasteiger partial charge in [-0.05, 0) is 30.0 Å². The lowest BCUT2D eigenvalue weighted by molar-refractivity contribution is 0.333. The van der Waals surface area contributed by atoms with Crippen LogP contribution in [0.15, 0.2) is 42.0 Å². The summed E-state index contributed by atoms with van der Waals surface area (Å²) in [4.78, 5) is 9.61. The maximum absolute atomic E-state index is 5.65. The van der Waals surface area contributed by atoms with E-state index >= 15 is 0 Å². The predicted octanol–water partition coefficient (Wildman–Crippen LogP) is 3.49.